The molecule has 10 nitrogen and oxygen atoms in total. The molecule has 0 aliphatic rings. The van der Waals surface area contributed by atoms with Gasteiger partial charge in [0, 0.05) is 13.0 Å². The Morgan fingerprint density at radius 2 is 1.00 bits per heavy atom. The summed E-state index contributed by atoms with van der Waals surface area (Å²) in [5.41, 5.74) is 5.32. The quantitative estimate of drug-likeness (QED) is 0.0331. The van der Waals surface area contributed by atoms with Gasteiger partial charge in [-0.05, 0) is 12.8 Å². The SMILES string of the molecule is CCCCCCCCCCCCCCCCCCC(=O)OC(COCCCCCCCCCC)COP(=O)(O)OCC(N)C(=O)O. The van der Waals surface area contributed by atoms with Crippen LogP contribution in [0, 0.1) is 0 Å². The summed E-state index contributed by atoms with van der Waals surface area (Å²) in [4.78, 5) is 33.3. The number of ether oxygens (including phenoxy) is 2. The topological polar surface area (TPSA) is 155 Å². The number of carboxylic acids is 1. The third-order valence-corrected chi connectivity index (χ3v) is 9.09. The maximum Gasteiger partial charge on any atom is 0.472 e. The van der Waals surface area contributed by atoms with E-state index in [1.54, 1.807) is 0 Å². The van der Waals surface area contributed by atoms with Crippen molar-refractivity contribution in [3.05, 3.63) is 0 Å². The second-order valence-corrected chi connectivity index (χ2v) is 14.2. The van der Waals surface area contributed by atoms with Gasteiger partial charge in [0.1, 0.15) is 12.1 Å². The lowest BCUT2D eigenvalue weighted by atomic mass is 10.0. The number of phosphoric ester groups is 1. The van der Waals surface area contributed by atoms with Crippen LogP contribution in [0.3, 0.4) is 0 Å². The average Bonchev–Trinajstić information content (AvgIpc) is 3.03. The number of nitrogens with two attached hydrogens (primary N) is 1. The number of unbranched alkanes of at least 4 members (excludes halogenated alkanes) is 22. The zero-order chi connectivity index (χ0) is 34.1. The van der Waals surface area contributed by atoms with Crippen LogP contribution in [0.4, 0.5) is 0 Å². The monoisotopic (exact) mass is 679 g/mol. The van der Waals surface area contributed by atoms with Crippen molar-refractivity contribution in [1.82, 2.24) is 0 Å². The molecular weight excluding hydrogens is 609 g/mol. The Kier molecular flexibility index (Phi) is 31.8. The molecule has 0 amide bonds. The highest BCUT2D eigenvalue weighted by Gasteiger charge is 2.27. The maximum atomic E-state index is 12.5. The Morgan fingerprint density at radius 1 is 0.609 bits per heavy atom. The summed E-state index contributed by atoms with van der Waals surface area (Å²) in [7, 11) is -4.59. The number of esters is 1. The largest absolute Gasteiger partial charge is 0.480 e. The molecule has 46 heavy (non-hydrogen) atoms. The summed E-state index contributed by atoms with van der Waals surface area (Å²) in [6.45, 7) is 3.86. The molecule has 274 valence electrons. The van der Waals surface area contributed by atoms with Crippen LogP contribution in [-0.4, -0.2) is 60.5 Å². The highest BCUT2D eigenvalue weighted by Crippen LogP contribution is 2.43. The highest BCUT2D eigenvalue weighted by molar-refractivity contribution is 7.47. The van der Waals surface area contributed by atoms with Gasteiger partial charge in [-0.2, -0.15) is 0 Å². The van der Waals surface area contributed by atoms with Crippen LogP contribution in [0.2, 0.25) is 0 Å². The van der Waals surface area contributed by atoms with E-state index in [0.29, 0.717) is 6.61 Å². The Balaban J connectivity index is 4.21. The minimum Gasteiger partial charge on any atom is -0.480 e. The fourth-order valence-corrected chi connectivity index (χ4v) is 5.97. The van der Waals surface area contributed by atoms with Crippen molar-refractivity contribution in [3.63, 3.8) is 0 Å². The van der Waals surface area contributed by atoms with Gasteiger partial charge in [0.15, 0.2) is 0 Å². The van der Waals surface area contributed by atoms with E-state index in [1.807, 2.05) is 0 Å². The highest BCUT2D eigenvalue weighted by atomic mass is 31.2. The fourth-order valence-electron chi connectivity index (χ4n) is 5.19. The smallest absolute Gasteiger partial charge is 0.472 e. The zero-order valence-electron chi connectivity index (χ0n) is 29.4. The molecule has 0 saturated heterocycles. The van der Waals surface area contributed by atoms with Crippen molar-refractivity contribution in [2.45, 2.75) is 187 Å². The summed E-state index contributed by atoms with van der Waals surface area (Å²) < 4.78 is 33.1. The number of carbonyl (C=O) groups is 2. The molecule has 0 rings (SSSR count). The van der Waals surface area contributed by atoms with E-state index in [-0.39, 0.29) is 13.0 Å². The molecular formula is C35H70NO9P. The van der Waals surface area contributed by atoms with E-state index in [1.165, 1.54) is 116 Å². The van der Waals surface area contributed by atoms with E-state index in [9.17, 15) is 19.0 Å². The predicted octanol–water partition coefficient (Wildman–Crippen LogP) is 9.25. The van der Waals surface area contributed by atoms with Gasteiger partial charge in [-0.15, -0.1) is 0 Å². The van der Waals surface area contributed by atoms with Gasteiger partial charge >= 0.3 is 19.8 Å². The van der Waals surface area contributed by atoms with Crippen LogP contribution >= 0.6 is 7.82 Å². The van der Waals surface area contributed by atoms with Crippen LogP contribution in [0.5, 0.6) is 0 Å². The van der Waals surface area contributed by atoms with E-state index >= 15 is 0 Å². The number of hydrogen-bond donors (Lipinski definition) is 3. The summed E-state index contributed by atoms with van der Waals surface area (Å²) in [6, 6.07) is -1.47. The van der Waals surface area contributed by atoms with Crippen molar-refractivity contribution < 1.29 is 42.7 Å². The predicted molar refractivity (Wildman–Crippen MR) is 185 cm³/mol. The third-order valence-electron chi connectivity index (χ3n) is 8.14. The molecule has 0 aromatic carbocycles. The van der Waals surface area contributed by atoms with Crippen molar-refractivity contribution in [2.24, 2.45) is 5.73 Å². The summed E-state index contributed by atoms with van der Waals surface area (Å²) in [6.07, 6.45) is 28.8. The first-order chi connectivity index (χ1) is 22.2. The van der Waals surface area contributed by atoms with Crippen molar-refractivity contribution in [2.75, 3.05) is 26.4 Å². The molecule has 0 aliphatic carbocycles. The molecule has 0 spiro atoms. The molecule has 0 fully saturated rings. The van der Waals surface area contributed by atoms with Crippen molar-refractivity contribution >= 4 is 19.8 Å². The minimum atomic E-state index is -4.59. The molecule has 0 heterocycles. The number of carboxylic acid groups (broad SMARTS) is 1. The summed E-state index contributed by atoms with van der Waals surface area (Å²) >= 11 is 0. The third kappa shape index (κ3) is 31.6. The molecule has 0 aromatic heterocycles. The van der Waals surface area contributed by atoms with Crippen LogP contribution in [-0.2, 0) is 32.7 Å². The van der Waals surface area contributed by atoms with E-state index in [2.05, 4.69) is 18.4 Å². The standard InChI is InChI=1S/C35H70NO9P/c1-3-5-7-9-11-13-14-15-16-17-18-19-20-21-23-25-27-34(37)45-32(29-42-28-26-24-22-12-10-8-6-4-2)30-43-46(40,41)44-31-33(36)35(38)39/h32-33H,3-31,36H2,1-2H3,(H,38,39)(H,40,41). The lowest BCUT2D eigenvalue weighted by Gasteiger charge is -2.20. The van der Waals surface area contributed by atoms with Crippen LogP contribution in [0.25, 0.3) is 0 Å². The molecule has 3 atom stereocenters. The number of rotatable bonds is 36. The summed E-state index contributed by atoms with van der Waals surface area (Å²) in [5, 5.41) is 8.84. The van der Waals surface area contributed by atoms with Crippen molar-refractivity contribution in [3.8, 4) is 0 Å². The zero-order valence-corrected chi connectivity index (χ0v) is 30.3. The van der Waals surface area contributed by atoms with Gasteiger partial charge in [0.2, 0.25) is 0 Å². The number of phosphoric acid groups is 1. The summed E-state index contributed by atoms with van der Waals surface area (Å²) in [5.74, 6) is -1.77. The first-order valence-electron chi connectivity index (χ1n) is 18.6. The van der Waals surface area contributed by atoms with Gasteiger partial charge in [0.25, 0.3) is 0 Å². The lowest BCUT2D eigenvalue weighted by Crippen LogP contribution is -2.34. The fraction of sp³-hybridized carbons (Fsp3) is 0.943. The molecule has 11 heteroatoms. The van der Waals surface area contributed by atoms with Gasteiger partial charge in [-0.3, -0.25) is 18.6 Å². The molecule has 0 bridgehead atoms. The minimum absolute atomic E-state index is 0.0236. The number of carbonyl (C=O) groups excluding carboxylic acids is 1. The van der Waals surface area contributed by atoms with Gasteiger partial charge in [-0.1, -0.05) is 155 Å². The normalized spacial score (nSPS) is 14.2. The molecule has 0 saturated carbocycles. The van der Waals surface area contributed by atoms with E-state index in [4.69, 9.17) is 24.8 Å². The van der Waals surface area contributed by atoms with E-state index < -0.39 is 45.1 Å². The Labute approximate surface area is 280 Å². The number of hydrogen-bond acceptors (Lipinski definition) is 8. The van der Waals surface area contributed by atoms with Gasteiger partial charge in [-0.25, -0.2) is 4.57 Å². The first kappa shape index (κ1) is 45.0. The Morgan fingerprint density at radius 3 is 1.43 bits per heavy atom. The molecule has 0 radical (unpaired) electrons. The molecule has 3 unspecified atom stereocenters. The van der Waals surface area contributed by atoms with Gasteiger partial charge in [0.05, 0.1) is 19.8 Å². The average molecular weight is 680 g/mol. The molecule has 4 N–H and O–H groups in total. The lowest BCUT2D eigenvalue weighted by molar-refractivity contribution is -0.154. The second-order valence-electron chi connectivity index (χ2n) is 12.7. The molecule has 0 aliphatic heterocycles. The second kappa shape index (κ2) is 32.5. The van der Waals surface area contributed by atoms with Crippen LogP contribution in [0.1, 0.15) is 174 Å². The van der Waals surface area contributed by atoms with Crippen molar-refractivity contribution in [1.29, 1.82) is 0 Å². The molecule has 0 aromatic rings. The Bertz CT molecular complexity index is 756. The van der Waals surface area contributed by atoms with Crippen LogP contribution in [0.15, 0.2) is 0 Å². The van der Waals surface area contributed by atoms with E-state index in [0.717, 1.165) is 38.5 Å². The Hall–Kier alpha value is -1.03. The first-order valence-corrected chi connectivity index (χ1v) is 20.1. The maximum absolute atomic E-state index is 12.5. The van der Waals surface area contributed by atoms with Gasteiger partial charge < -0.3 is 25.2 Å². The van der Waals surface area contributed by atoms with Crippen LogP contribution < -0.4 is 5.73 Å². The number of aliphatic carboxylic acids is 1.